The number of carbonyl (C=O) groups is 2. The summed E-state index contributed by atoms with van der Waals surface area (Å²) in [6.07, 6.45) is 0.718. The summed E-state index contributed by atoms with van der Waals surface area (Å²) in [5.74, 6) is -0.542. The third kappa shape index (κ3) is 7.30. The van der Waals surface area contributed by atoms with Gasteiger partial charge >= 0.3 is 0 Å². The number of benzene rings is 4. The van der Waals surface area contributed by atoms with Crippen LogP contribution in [0.25, 0.3) is 0 Å². The summed E-state index contributed by atoms with van der Waals surface area (Å²) >= 11 is 0. The normalized spacial score (nSPS) is 14.3. The van der Waals surface area contributed by atoms with Crippen molar-refractivity contribution < 1.29 is 18.0 Å². The number of hydrogen-bond donors (Lipinski definition) is 2. The SMILES string of the molecule is O=C(Nc1ccccc1C(=O)NCCc1ccccc1)c1ccc(CN2CCN(S(=O)(=O)c3ccccc3)CC2)cc1. The maximum absolute atomic E-state index is 13.0. The van der Waals surface area contributed by atoms with E-state index in [1.807, 2.05) is 42.5 Å². The van der Waals surface area contributed by atoms with E-state index in [-0.39, 0.29) is 11.8 Å². The highest BCUT2D eigenvalue weighted by Crippen LogP contribution is 2.20. The van der Waals surface area contributed by atoms with Crippen LogP contribution in [-0.4, -0.2) is 62.2 Å². The zero-order chi connectivity index (χ0) is 29.4. The molecule has 1 saturated heterocycles. The third-order valence-electron chi connectivity index (χ3n) is 7.30. The van der Waals surface area contributed by atoms with Crippen LogP contribution < -0.4 is 10.6 Å². The smallest absolute Gasteiger partial charge is 0.255 e. The van der Waals surface area contributed by atoms with Crippen LogP contribution in [-0.2, 0) is 23.0 Å². The lowest BCUT2D eigenvalue weighted by Gasteiger charge is -2.34. The number of piperazine rings is 1. The number of hydrogen-bond acceptors (Lipinski definition) is 5. The highest BCUT2D eigenvalue weighted by atomic mass is 32.2. The minimum absolute atomic E-state index is 0.242. The lowest BCUT2D eigenvalue weighted by molar-refractivity contribution is 0.0955. The van der Waals surface area contributed by atoms with Crippen LogP contribution in [0, 0.1) is 0 Å². The van der Waals surface area contributed by atoms with Gasteiger partial charge in [-0.05, 0) is 53.9 Å². The highest BCUT2D eigenvalue weighted by molar-refractivity contribution is 7.89. The van der Waals surface area contributed by atoms with Gasteiger partial charge in [-0.25, -0.2) is 8.42 Å². The first-order valence-corrected chi connectivity index (χ1v) is 15.4. The monoisotopic (exact) mass is 582 g/mol. The molecule has 0 spiro atoms. The summed E-state index contributed by atoms with van der Waals surface area (Å²) in [5, 5.41) is 5.81. The first-order chi connectivity index (χ1) is 20.4. The Morgan fingerprint density at radius 1 is 0.667 bits per heavy atom. The van der Waals surface area contributed by atoms with Gasteiger partial charge in [0.2, 0.25) is 10.0 Å². The summed E-state index contributed by atoms with van der Waals surface area (Å²) < 4.78 is 27.3. The lowest BCUT2D eigenvalue weighted by atomic mass is 10.1. The Morgan fingerprint density at radius 3 is 1.98 bits per heavy atom. The molecule has 2 amide bonds. The predicted octanol–water partition coefficient (Wildman–Crippen LogP) is 4.42. The molecule has 0 unspecified atom stereocenters. The number of nitrogens with one attached hydrogen (secondary N) is 2. The Bertz CT molecular complexity index is 1600. The molecule has 42 heavy (non-hydrogen) atoms. The van der Waals surface area contributed by atoms with E-state index in [4.69, 9.17) is 0 Å². The summed E-state index contributed by atoms with van der Waals surface area (Å²) in [6, 6.07) is 32.8. The lowest BCUT2D eigenvalue weighted by Crippen LogP contribution is -2.48. The second kappa shape index (κ2) is 13.6. The van der Waals surface area contributed by atoms with E-state index in [0.717, 1.165) is 17.5 Å². The van der Waals surface area contributed by atoms with E-state index in [0.29, 0.717) is 61.0 Å². The van der Waals surface area contributed by atoms with Gasteiger partial charge in [-0.1, -0.05) is 72.8 Å². The number of anilines is 1. The molecule has 8 nitrogen and oxygen atoms in total. The number of amides is 2. The Labute approximate surface area is 247 Å². The Kier molecular flexibility index (Phi) is 9.43. The van der Waals surface area contributed by atoms with Crippen LogP contribution >= 0.6 is 0 Å². The summed E-state index contributed by atoms with van der Waals surface area (Å²) in [6.45, 7) is 3.25. The molecule has 9 heteroatoms. The molecule has 0 atom stereocenters. The quantitative estimate of drug-likeness (QED) is 0.289. The molecule has 0 radical (unpaired) electrons. The van der Waals surface area contributed by atoms with Crippen LogP contribution in [0.15, 0.2) is 114 Å². The predicted molar refractivity (Wildman–Crippen MR) is 164 cm³/mol. The summed E-state index contributed by atoms with van der Waals surface area (Å²) in [7, 11) is -3.49. The number of nitrogens with zero attached hydrogens (tertiary/aromatic N) is 2. The summed E-state index contributed by atoms with van der Waals surface area (Å²) in [4.78, 5) is 28.4. The molecule has 2 N–H and O–H groups in total. The Morgan fingerprint density at radius 2 is 1.29 bits per heavy atom. The highest BCUT2D eigenvalue weighted by Gasteiger charge is 2.28. The van der Waals surface area contributed by atoms with Gasteiger partial charge in [0, 0.05) is 44.8 Å². The van der Waals surface area contributed by atoms with Gasteiger partial charge in [-0.2, -0.15) is 4.31 Å². The van der Waals surface area contributed by atoms with Gasteiger partial charge in [0.05, 0.1) is 16.1 Å². The molecule has 0 aliphatic carbocycles. The minimum atomic E-state index is -3.49. The zero-order valence-corrected chi connectivity index (χ0v) is 24.1. The topological polar surface area (TPSA) is 98.8 Å². The van der Waals surface area contributed by atoms with Crippen molar-refractivity contribution in [1.82, 2.24) is 14.5 Å². The van der Waals surface area contributed by atoms with E-state index in [2.05, 4.69) is 15.5 Å². The summed E-state index contributed by atoms with van der Waals surface area (Å²) in [5.41, 5.74) is 3.51. The number of para-hydroxylation sites is 1. The maximum Gasteiger partial charge on any atom is 0.255 e. The van der Waals surface area contributed by atoms with E-state index in [1.165, 1.54) is 4.31 Å². The molecule has 0 aromatic heterocycles. The fraction of sp³-hybridized carbons (Fsp3) is 0.212. The standard InChI is InChI=1S/C33H34N4O4S/c38-32(35-31-14-8-7-13-30(31)33(39)34-20-19-26-9-3-1-4-10-26)28-17-15-27(16-18-28)25-36-21-23-37(24-22-36)42(40,41)29-11-5-2-6-12-29/h1-18H,19-25H2,(H,34,39)(H,35,38). The van der Waals surface area contributed by atoms with Crippen LogP contribution in [0.5, 0.6) is 0 Å². The van der Waals surface area contributed by atoms with E-state index in [1.54, 1.807) is 66.7 Å². The molecule has 1 aliphatic heterocycles. The molecule has 4 aromatic carbocycles. The fourth-order valence-electron chi connectivity index (χ4n) is 4.93. The van der Waals surface area contributed by atoms with Gasteiger partial charge in [0.25, 0.3) is 11.8 Å². The van der Waals surface area contributed by atoms with Crippen molar-refractivity contribution in [1.29, 1.82) is 0 Å². The van der Waals surface area contributed by atoms with Crippen LogP contribution in [0.1, 0.15) is 31.8 Å². The molecule has 5 rings (SSSR count). The van der Waals surface area contributed by atoms with E-state index >= 15 is 0 Å². The molecule has 1 heterocycles. The second-order valence-electron chi connectivity index (χ2n) is 10.2. The Balaban J connectivity index is 1.13. The number of carbonyl (C=O) groups excluding carboxylic acids is 2. The number of sulfonamides is 1. The molecular formula is C33H34N4O4S. The average Bonchev–Trinajstić information content (AvgIpc) is 3.03. The molecule has 1 aliphatic rings. The molecule has 0 saturated carbocycles. The van der Waals surface area contributed by atoms with Crippen molar-refractivity contribution in [3.05, 3.63) is 131 Å². The van der Waals surface area contributed by atoms with Crippen LogP contribution in [0.4, 0.5) is 5.69 Å². The van der Waals surface area contributed by atoms with Gasteiger partial charge in [0.1, 0.15) is 0 Å². The first kappa shape index (κ1) is 29.2. The maximum atomic E-state index is 13.0. The van der Waals surface area contributed by atoms with Crippen molar-refractivity contribution >= 4 is 27.5 Å². The van der Waals surface area contributed by atoms with E-state index < -0.39 is 10.0 Å². The third-order valence-corrected chi connectivity index (χ3v) is 9.21. The largest absolute Gasteiger partial charge is 0.352 e. The van der Waals surface area contributed by atoms with Gasteiger partial charge < -0.3 is 10.6 Å². The van der Waals surface area contributed by atoms with Crippen molar-refractivity contribution in [2.45, 2.75) is 17.9 Å². The van der Waals surface area contributed by atoms with E-state index in [9.17, 15) is 18.0 Å². The van der Waals surface area contributed by atoms with Crippen LogP contribution in [0.2, 0.25) is 0 Å². The molecule has 216 valence electrons. The minimum Gasteiger partial charge on any atom is -0.352 e. The molecular weight excluding hydrogens is 548 g/mol. The van der Waals surface area contributed by atoms with Crippen molar-refractivity contribution in [2.75, 3.05) is 38.0 Å². The molecule has 4 aromatic rings. The Hall–Kier alpha value is -4.31. The first-order valence-electron chi connectivity index (χ1n) is 14.0. The number of rotatable bonds is 10. The molecule has 1 fully saturated rings. The molecule has 0 bridgehead atoms. The second-order valence-corrected chi connectivity index (χ2v) is 12.1. The van der Waals surface area contributed by atoms with Gasteiger partial charge in [-0.3, -0.25) is 14.5 Å². The van der Waals surface area contributed by atoms with Crippen LogP contribution in [0.3, 0.4) is 0 Å². The fourth-order valence-corrected chi connectivity index (χ4v) is 6.38. The van der Waals surface area contributed by atoms with Crippen molar-refractivity contribution in [2.24, 2.45) is 0 Å². The van der Waals surface area contributed by atoms with Crippen molar-refractivity contribution in [3.63, 3.8) is 0 Å². The van der Waals surface area contributed by atoms with Crippen molar-refractivity contribution in [3.8, 4) is 0 Å². The zero-order valence-electron chi connectivity index (χ0n) is 23.3. The average molecular weight is 583 g/mol. The van der Waals surface area contributed by atoms with Gasteiger partial charge in [0.15, 0.2) is 0 Å². The van der Waals surface area contributed by atoms with Gasteiger partial charge in [-0.15, -0.1) is 0 Å².